The lowest BCUT2D eigenvalue weighted by Crippen LogP contribution is -2.39. The highest BCUT2D eigenvalue weighted by Crippen LogP contribution is 2.18. The summed E-state index contributed by atoms with van der Waals surface area (Å²) in [7, 11) is 1.78. The molecule has 2 heteroatoms. The van der Waals surface area contributed by atoms with Crippen molar-refractivity contribution in [3.63, 3.8) is 0 Å². The molecule has 12 heavy (non-hydrogen) atoms. The van der Waals surface area contributed by atoms with Crippen molar-refractivity contribution in [1.82, 2.24) is 5.32 Å². The van der Waals surface area contributed by atoms with E-state index in [0.717, 1.165) is 6.54 Å². The molecule has 1 aliphatic heterocycles. The number of nitrogens with one attached hydrogen (secondary N) is 1. The lowest BCUT2D eigenvalue weighted by atomic mass is 9.97. The fraction of sp³-hybridized carbons (Fsp3) is 0.800. The molecule has 1 heterocycles. The summed E-state index contributed by atoms with van der Waals surface area (Å²) in [6.45, 7) is 7.08. The van der Waals surface area contributed by atoms with Gasteiger partial charge in [-0.15, -0.1) is 6.58 Å². The van der Waals surface area contributed by atoms with Crippen LogP contribution in [0.2, 0.25) is 0 Å². The van der Waals surface area contributed by atoms with Gasteiger partial charge in [0.15, 0.2) is 0 Å². The fourth-order valence-corrected chi connectivity index (χ4v) is 1.87. The second-order valence-electron chi connectivity index (χ2n) is 3.50. The highest BCUT2D eigenvalue weighted by atomic mass is 16.5. The topological polar surface area (TPSA) is 21.3 Å². The van der Waals surface area contributed by atoms with Gasteiger partial charge in [0.05, 0.1) is 6.10 Å². The second kappa shape index (κ2) is 4.63. The molecule has 0 unspecified atom stereocenters. The monoisotopic (exact) mass is 169 g/mol. The largest absolute Gasteiger partial charge is 0.379 e. The summed E-state index contributed by atoms with van der Waals surface area (Å²) in [5.41, 5.74) is 0. The van der Waals surface area contributed by atoms with Gasteiger partial charge in [0.2, 0.25) is 0 Å². The molecule has 0 aliphatic carbocycles. The van der Waals surface area contributed by atoms with Crippen molar-refractivity contribution in [3.05, 3.63) is 12.7 Å². The SMILES string of the molecule is C=C[C@H](C)[C@@H](OC)[C@@H]1CCCN1. The smallest absolute Gasteiger partial charge is 0.0783 e. The van der Waals surface area contributed by atoms with E-state index in [0.29, 0.717) is 18.1 Å². The Bertz CT molecular complexity index is 141. The van der Waals surface area contributed by atoms with Gasteiger partial charge in [-0.25, -0.2) is 0 Å². The summed E-state index contributed by atoms with van der Waals surface area (Å²) >= 11 is 0. The molecule has 1 rings (SSSR count). The molecule has 0 spiro atoms. The van der Waals surface area contributed by atoms with Crippen LogP contribution < -0.4 is 5.32 Å². The highest BCUT2D eigenvalue weighted by Gasteiger charge is 2.27. The van der Waals surface area contributed by atoms with E-state index >= 15 is 0 Å². The highest BCUT2D eigenvalue weighted by molar-refractivity contribution is 4.91. The van der Waals surface area contributed by atoms with Crippen LogP contribution >= 0.6 is 0 Å². The summed E-state index contributed by atoms with van der Waals surface area (Å²) in [4.78, 5) is 0. The molecule has 1 saturated heterocycles. The molecule has 0 radical (unpaired) electrons. The van der Waals surface area contributed by atoms with E-state index in [4.69, 9.17) is 4.74 Å². The Hall–Kier alpha value is -0.340. The van der Waals surface area contributed by atoms with Crippen molar-refractivity contribution in [2.45, 2.75) is 31.9 Å². The Morgan fingerprint density at radius 3 is 2.83 bits per heavy atom. The van der Waals surface area contributed by atoms with Crippen molar-refractivity contribution in [1.29, 1.82) is 0 Å². The summed E-state index contributed by atoms with van der Waals surface area (Å²) in [6, 6.07) is 0.531. The minimum Gasteiger partial charge on any atom is -0.379 e. The maximum absolute atomic E-state index is 5.45. The second-order valence-corrected chi connectivity index (χ2v) is 3.50. The lowest BCUT2D eigenvalue weighted by molar-refractivity contribution is 0.0474. The first-order valence-electron chi connectivity index (χ1n) is 4.68. The number of rotatable bonds is 4. The third-order valence-corrected chi connectivity index (χ3v) is 2.66. The van der Waals surface area contributed by atoms with Crippen molar-refractivity contribution in [2.75, 3.05) is 13.7 Å². The molecule has 2 nitrogen and oxygen atoms in total. The third-order valence-electron chi connectivity index (χ3n) is 2.66. The zero-order valence-electron chi connectivity index (χ0n) is 8.05. The van der Waals surface area contributed by atoms with Gasteiger partial charge in [-0.2, -0.15) is 0 Å². The van der Waals surface area contributed by atoms with E-state index in [-0.39, 0.29) is 0 Å². The van der Waals surface area contributed by atoms with Crippen molar-refractivity contribution >= 4 is 0 Å². The Morgan fingerprint density at radius 2 is 2.42 bits per heavy atom. The van der Waals surface area contributed by atoms with Crippen LogP contribution in [0.15, 0.2) is 12.7 Å². The summed E-state index contributed by atoms with van der Waals surface area (Å²) < 4.78 is 5.45. The molecule has 0 bridgehead atoms. The lowest BCUT2D eigenvalue weighted by Gasteiger charge is -2.26. The van der Waals surface area contributed by atoms with E-state index in [9.17, 15) is 0 Å². The van der Waals surface area contributed by atoms with Crippen molar-refractivity contribution in [2.24, 2.45) is 5.92 Å². The molecule has 1 N–H and O–H groups in total. The van der Waals surface area contributed by atoms with E-state index in [2.05, 4.69) is 18.8 Å². The Labute approximate surface area is 75.0 Å². The predicted molar refractivity (Wildman–Crippen MR) is 51.2 cm³/mol. The minimum absolute atomic E-state index is 0.296. The predicted octanol–water partition coefficient (Wildman–Crippen LogP) is 1.58. The average Bonchev–Trinajstić information content (AvgIpc) is 2.58. The number of ether oxygens (including phenoxy) is 1. The number of hydrogen-bond acceptors (Lipinski definition) is 2. The molecule has 70 valence electrons. The zero-order chi connectivity index (χ0) is 8.97. The van der Waals surface area contributed by atoms with Gasteiger partial charge in [-0.05, 0) is 19.4 Å². The number of hydrogen-bond donors (Lipinski definition) is 1. The van der Waals surface area contributed by atoms with Crippen LogP contribution in [0.1, 0.15) is 19.8 Å². The van der Waals surface area contributed by atoms with Crippen LogP contribution in [0.5, 0.6) is 0 Å². The number of methoxy groups -OCH3 is 1. The first kappa shape index (κ1) is 9.75. The van der Waals surface area contributed by atoms with Gasteiger partial charge in [0, 0.05) is 19.1 Å². The van der Waals surface area contributed by atoms with E-state index < -0.39 is 0 Å². The molecule has 0 aromatic rings. The summed E-state index contributed by atoms with van der Waals surface area (Å²) in [5.74, 6) is 0.436. The third kappa shape index (κ3) is 2.08. The van der Waals surface area contributed by atoms with E-state index in [1.807, 2.05) is 6.08 Å². The van der Waals surface area contributed by atoms with Crippen LogP contribution in [0.4, 0.5) is 0 Å². The van der Waals surface area contributed by atoms with Gasteiger partial charge in [-0.1, -0.05) is 13.0 Å². The molecular weight excluding hydrogens is 150 g/mol. The van der Waals surface area contributed by atoms with Gasteiger partial charge in [-0.3, -0.25) is 0 Å². The normalized spacial score (nSPS) is 28.3. The molecule has 0 amide bonds. The Morgan fingerprint density at radius 1 is 1.67 bits per heavy atom. The summed E-state index contributed by atoms with van der Waals surface area (Å²) in [5, 5.41) is 3.45. The van der Waals surface area contributed by atoms with E-state index in [1.165, 1.54) is 12.8 Å². The zero-order valence-corrected chi connectivity index (χ0v) is 8.05. The fourth-order valence-electron chi connectivity index (χ4n) is 1.87. The molecule has 1 fully saturated rings. The van der Waals surface area contributed by atoms with E-state index in [1.54, 1.807) is 7.11 Å². The standard InChI is InChI=1S/C10H19NO/c1-4-8(2)10(12-3)9-6-5-7-11-9/h4,8-11H,1,5-7H2,2-3H3/t8-,9-,10+/m0/s1. The molecule has 0 saturated carbocycles. The molecule has 3 atom stereocenters. The maximum Gasteiger partial charge on any atom is 0.0783 e. The molecular formula is C10H19NO. The minimum atomic E-state index is 0.296. The quantitative estimate of drug-likeness (QED) is 0.645. The average molecular weight is 169 g/mol. The molecule has 0 aromatic carbocycles. The summed E-state index contributed by atoms with van der Waals surface area (Å²) in [6.07, 6.45) is 4.77. The van der Waals surface area contributed by atoms with Crippen LogP contribution in [0.3, 0.4) is 0 Å². The van der Waals surface area contributed by atoms with Crippen LogP contribution in [-0.4, -0.2) is 25.8 Å². The molecule has 0 aromatic heterocycles. The van der Waals surface area contributed by atoms with Crippen LogP contribution in [0.25, 0.3) is 0 Å². The van der Waals surface area contributed by atoms with Gasteiger partial charge < -0.3 is 10.1 Å². The van der Waals surface area contributed by atoms with Crippen molar-refractivity contribution < 1.29 is 4.74 Å². The maximum atomic E-state index is 5.45. The Kier molecular flexibility index (Phi) is 3.76. The van der Waals surface area contributed by atoms with Gasteiger partial charge in [0.1, 0.15) is 0 Å². The first-order chi connectivity index (χ1) is 5.79. The van der Waals surface area contributed by atoms with Crippen molar-refractivity contribution in [3.8, 4) is 0 Å². The first-order valence-corrected chi connectivity index (χ1v) is 4.68. The van der Waals surface area contributed by atoms with Gasteiger partial charge in [0.25, 0.3) is 0 Å². The van der Waals surface area contributed by atoms with Gasteiger partial charge >= 0.3 is 0 Å². The molecule has 1 aliphatic rings. The van der Waals surface area contributed by atoms with Crippen LogP contribution in [0, 0.1) is 5.92 Å². The Balaban J connectivity index is 2.47. The van der Waals surface area contributed by atoms with Crippen LogP contribution in [-0.2, 0) is 4.74 Å².